The maximum atomic E-state index is 9.41. The lowest BCUT2D eigenvalue weighted by molar-refractivity contribution is 0.364. The van der Waals surface area contributed by atoms with E-state index in [9.17, 15) is 10.2 Å². The van der Waals surface area contributed by atoms with Gasteiger partial charge in [-0.3, -0.25) is 0 Å². The van der Waals surface area contributed by atoms with Gasteiger partial charge < -0.3 is 15.5 Å². The number of hydrogen-bond acceptors (Lipinski definition) is 3. The average molecular weight is 249 g/mol. The van der Waals surface area contributed by atoms with Crippen LogP contribution in [0, 0.1) is 5.92 Å². The summed E-state index contributed by atoms with van der Waals surface area (Å²) in [4.78, 5) is 0. The van der Waals surface area contributed by atoms with Crippen LogP contribution in [0.25, 0.3) is 0 Å². The first-order valence-corrected chi connectivity index (χ1v) is 6.43. The van der Waals surface area contributed by atoms with Gasteiger partial charge in [0.2, 0.25) is 0 Å². The maximum Gasteiger partial charge on any atom is 0.157 e. The average Bonchev–Trinajstić information content (AvgIpc) is 2.37. The Bertz CT molecular complexity index is 390. The molecule has 0 spiro atoms. The van der Waals surface area contributed by atoms with Gasteiger partial charge in [0.15, 0.2) is 11.5 Å². The van der Waals surface area contributed by atoms with Crippen LogP contribution >= 0.6 is 0 Å². The highest BCUT2D eigenvalue weighted by molar-refractivity contribution is 5.40. The molecule has 0 aliphatic rings. The largest absolute Gasteiger partial charge is 0.504 e. The molecule has 0 fully saturated rings. The summed E-state index contributed by atoms with van der Waals surface area (Å²) >= 11 is 0. The van der Waals surface area contributed by atoms with Crippen molar-refractivity contribution in [2.24, 2.45) is 5.92 Å². The fraction of sp³-hybridized carbons (Fsp3) is 0.467. The fourth-order valence-corrected chi connectivity index (χ4v) is 2.06. The van der Waals surface area contributed by atoms with Gasteiger partial charge in [-0.1, -0.05) is 25.5 Å². The Morgan fingerprint density at radius 3 is 2.61 bits per heavy atom. The minimum atomic E-state index is -0.0788. The van der Waals surface area contributed by atoms with Gasteiger partial charge in [-0.15, -0.1) is 6.58 Å². The smallest absolute Gasteiger partial charge is 0.157 e. The number of aromatic hydroxyl groups is 2. The lowest BCUT2D eigenvalue weighted by Crippen LogP contribution is -2.32. The summed E-state index contributed by atoms with van der Waals surface area (Å²) in [5.41, 5.74) is 0.964. The van der Waals surface area contributed by atoms with E-state index in [0.717, 1.165) is 18.4 Å². The molecule has 18 heavy (non-hydrogen) atoms. The lowest BCUT2D eigenvalue weighted by atomic mass is 9.94. The van der Waals surface area contributed by atoms with Crippen LogP contribution in [0.3, 0.4) is 0 Å². The van der Waals surface area contributed by atoms with Crippen LogP contribution in [0.2, 0.25) is 0 Å². The molecule has 1 aromatic rings. The second kappa shape index (κ2) is 7.07. The van der Waals surface area contributed by atoms with E-state index in [1.807, 2.05) is 12.1 Å². The van der Waals surface area contributed by atoms with E-state index in [1.54, 1.807) is 6.07 Å². The summed E-state index contributed by atoms with van der Waals surface area (Å²) in [6.45, 7) is 8.81. The van der Waals surface area contributed by atoms with E-state index in [-0.39, 0.29) is 11.5 Å². The quantitative estimate of drug-likeness (QED) is 0.514. The number of nitrogens with one attached hydrogen (secondary N) is 1. The molecule has 0 bridgehead atoms. The van der Waals surface area contributed by atoms with Gasteiger partial charge in [-0.2, -0.15) is 0 Å². The highest BCUT2D eigenvalue weighted by Gasteiger charge is 2.13. The minimum absolute atomic E-state index is 0.0694. The fourth-order valence-electron chi connectivity index (χ4n) is 2.06. The van der Waals surface area contributed by atoms with Crippen LogP contribution in [0.1, 0.15) is 32.3 Å². The summed E-state index contributed by atoms with van der Waals surface area (Å²) in [6.07, 6.45) is 4.07. The number of hydrogen-bond donors (Lipinski definition) is 3. The van der Waals surface area contributed by atoms with Gasteiger partial charge >= 0.3 is 0 Å². The number of rotatable bonds is 7. The van der Waals surface area contributed by atoms with Gasteiger partial charge in [-0.25, -0.2) is 0 Å². The lowest BCUT2D eigenvalue weighted by Gasteiger charge is -2.22. The Labute approximate surface area is 109 Å². The highest BCUT2D eigenvalue weighted by Crippen LogP contribution is 2.25. The summed E-state index contributed by atoms with van der Waals surface area (Å²) in [5, 5.41) is 22.1. The maximum absolute atomic E-state index is 9.41. The minimum Gasteiger partial charge on any atom is -0.504 e. The van der Waals surface area contributed by atoms with Crippen LogP contribution in [0.15, 0.2) is 30.9 Å². The van der Waals surface area contributed by atoms with Crippen LogP contribution in [-0.2, 0) is 6.54 Å². The van der Waals surface area contributed by atoms with E-state index in [2.05, 4.69) is 25.7 Å². The van der Waals surface area contributed by atoms with Gasteiger partial charge in [0.05, 0.1) is 0 Å². The van der Waals surface area contributed by atoms with Crippen LogP contribution in [0.5, 0.6) is 11.5 Å². The van der Waals surface area contributed by atoms with E-state index >= 15 is 0 Å². The van der Waals surface area contributed by atoms with Crippen molar-refractivity contribution >= 4 is 0 Å². The third kappa shape index (κ3) is 4.08. The second-order valence-electron chi connectivity index (χ2n) is 4.69. The first-order chi connectivity index (χ1) is 8.58. The molecule has 0 radical (unpaired) electrons. The summed E-state index contributed by atoms with van der Waals surface area (Å²) in [7, 11) is 0. The Morgan fingerprint density at radius 1 is 1.33 bits per heavy atom. The van der Waals surface area contributed by atoms with Crippen molar-refractivity contribution < 1.29 is 10.2 Å². The Kier molecular flexibility index (Phi) is 5.72. The molecule has 0 saturated carbocycles. The predicted octanol–water partition coefficient (Wildman–Crippen LogP) is 3.18. The first-order valence-electron chi connectivity index (χ1n) is 6.43. The third-order valence-electron chi connectivity index (χ3n) is 3.37. The molecule has 0 amide bonds. The molecule has 0 aliphatic carbocycles. The molecule has 100 valence electrons. The van der Waals surface area contributed by atoms with E-state index in [1.165, 1.54) is 6.07 Å². The highest BCUT2D eigenvalue weighted by atomic mass is 16.3. The van der Waals surface area contributed by atoms with Crippen molar-refractivity contribution in [2.45, 2.75) is 39.3 Å². The van der Waals surface area contributed by atoms with Crippen LogP contribution in [0.4, 0.5) is 0 Å². The molecule has 3 N–H and O–H groups in total. The predicted molar refractivity (Wildman–Crippen MR) is 74.7 cm³/mol. The van der Waals surface area contributed by atoms with Gasteiger partial charge in [0.1, 0.15) is 0 Å². The zero-order valence-corrected chi connectivity index (χ0v) is 11.2. The number of allylic oxidation sites excluding steroid dienone is 1. The molecule has 2 unspecified atom stereocenters. The Hall–Kier alpha value is -1.48. The second-order valence-corrected chi connectivity index (χ2v) is 4.69. The van der Waals surface area contributed by atoms with Crippen molar-refractivity contribution in [1.82, 2.24) is 5.32 Å². The first kappa shape index (κ1) is 14.6. The third-order valence-corrected chi connectivity index (χ3v) is 3.37. The molecular formula is C15H23NO2. The Balaban J connectivity index is 2.53. The molecule has 1 rings (SSSR count). The summed E-state index contributed by atoms with van der Waals surface area (Å²) in [6, 6.07) is 5.30. The van der Waals surface area contributed by atoms with Crippen LogP contribution < -0.4 is 5.32 Å². The number of benzene rings is 1. The van der Waals surface area contributed by atoms with Crippen LogP contribution in [-0.4, -0.2) is 16.3 Å². The van der Waals surface area contributed by atoms with E-state index in [0.29, 0.717) is 18.5 Å². The standard InChI is InChI=1S/C15H23NO2/c1-4-6-13(5-2)11(3)16-10-12-7-8-14(17)15(18)9-12/h4,7-9,11,13,16-18H,1,5-6,10H2,2-3H3. The zero-order chi connectivity index (χ0) is 13.5. The molecule has 0 aliphatic heterocycles. The number of phenols is 2. The molecule has 0 heterocycles. The van der Waals surface area contributed by atoms with Crippen molar-refractivity contribution in [2.75, 3.05) is 0 Å². The molecule has 3 heteroatoms. The molecule has 1 aromatic carbocycles. The molecule has 3 nitrogen and oxygen atoms in total. The summed E-state index contributed by atoms with van der Waals surface area (Å²) < 4.78 is 0. The van der Waals surface area contributed by atoms with Crippen molar-refractivity contribution in [3.8, 4) is 11.5 Å². The molecule has 2 atom stereocenters. The van der Waals surface area contributed by atoms with Gasteiger partial charge in [0, 0.05) is 12.6 Å². The van der Waals surface area contributed by atoms with Crippen molar-refractivity contribution in [3.05, 3.63) is 36.4 Å². The van der Waals surface area contributed by atoms with Gasteiger partial charge in [-0.05, 0) is 37.0 Å². The monoisotopic (exact) mass is 249 g/mol. The summed E-state index contributed by atoms with van der Waals surface area (Å²) in [5.74, 6) is 0.429. The van der Waals surface area contributed by atoms with E-state index < -0.39 is 0 Å². The normalized spacial score (nSPS) is 14.1. The molecule has 0 aromatic heterocycles. The Morgan fingerprint density at radius 2 is 2.06 bits per heavy atom. The van der Waals surface area contributed by atoms with Crippen molar-refractivity contribution in [3.63, 3.8) is 0 Å². The topological polar surface area (TPSA) is 52.5 Å². The van der Waals surface area contributed by atoms with Crippen molar-refractivity contribution in [1.29, 1.82) is 0 Å². The zero-order valence-electron chi connectivity index (χ0n) is 11.2. The number of phenolic OH excluding ortho intramolecular Hbond substituents is 2. The van der Waals surface area contributed by atoms with Gasteiger partial charge in [0.25, 0.3) is 0 Å². The van der Waals surface area contributed by atoms with E-state index in [4.69, 9.17) is 0 Å². The molecular weight excluding hydrogens is 226 g/mol. The molecule has 0 saturated heterocycles. The SMILES string of the molecule is C=CCC(CC)C(C)NCc1ccc(O)c(O)c1.